The number of carbonyl (C=O) groups is 4. The Kier molecular flexibility index (Phi) is 7.19. The zero-order valence-electron chi connectivity index (χ0n) is 16.5. The average molecular weight is 445 g/mol. The van der Waals surface area contributed by atoms with Crippen LogP contribution in [-0.2, 0) is 14.4 Å². The number of pyridine rings is 1. The van der Waals surface area contributed by atoms with Gasteiger partial charge in [-0.3, -0.25) is 14.4 Å². The molecule has 1 aromatic carbocycles. The van der Waals surface area contributed by atoms with Gasteiger partial charge in [-0.25, -0.2) is 9.78 Å². The number of carbonyl (C=O) groups excluding carboxylic acids is 4. The van der Waals surface area contributed by atoms with Gasteiger partial charge in [-0.1, -0.05) is 11.6 Å². The summed E-state index contributed by atoms with van der Waals surface area (Å²) in [5.41, 5.74) is 6.15. The molecular weight excluding hydrogens is 424 g/mol. The van der Waals surface area contributed by atoms with Gasteiger partial charge in [-0.05, 0) is 43.2 Å². The average Bonchev–Trinajstić information content (AvgIpc) is 2.75. The molecular formula is C21H21ClN4O5. The van der Waals surface area contributed by atoms with E-state index in [-0.39, 0.29) is 17.4 Å². The lowest BCUT2D eigenvalue weighted by atomic mass is 10.1. The van der Waals surface area contributed by atoms with Crippen LogP contribution in [0, 0.1) is 0 Å². The van der Waals surface area contributed by atoms with Crippen LogP contribution in [-0.4, -0.2) is 41.3 Å². The molecule has 1 atom stereocenters. The zero-order chi connectivity index (χ0) is 22.4. The molecule has 31 heavy (non-hydrogen) atoms. The van der Waals surface area contributed by atoms with E-state index >= 15 is 0 Å². The number of nitrogens with one attached hydrogen (secondary N) is 1. The molecule has 2 heterocycles. The first kappa shape index (κ1) is 22.2. The number of rotatable bonds is 7. The van der Waals surface area contributed by atoms with Crippen molar-refractivity contribution in [3.63, 3.8) is 0 Å². The van der Waals surface area contributed by atoms with Crippen LogP contribution in [0.15, 0.2) is 42.6 Å². The molecule has 0 radical (unpaired) electrons. The first-order valence-corrected chi connectivity index (χ1v) is 10.0. The maximum Gasteiger partial charge on any atom is 0.335 e. The first-order chi connectivity index (χ1) is 14.8. The molecule has 3 amide bonds. The summed E-state index contributed by atoms with van der Waals surface area (Å²) in [4.78, 5) is 54.0. The molecule has 1 saturated heterocycles. The Balaban J connectivity index is 1.68. The number of esters is 1. The molecule has 3 rings (SSSR count). The third-order valence-electron chi connectivity index (χ3n) is 4.67. The molecule has 1 fully saturated rings. The van der Waals surface area contributed by atoms with E-state index in [0.29, 0.717) is 23.7 Å². The number of ether oxygens (including phenoxy) is 1. The molecule has 162 valence electrons. The molecule has 2 aromatic rings. The normalized spacial score (nSPS) is 14.6. The Morgan fingerprint density at radius 2 is 1.90 bits per heavy atom. The van der Waals surface area contributed by atoms with Gasteiger partial charge in [-0.2, -0.15) is 0 Å². The second kappa shape index (κ2) is 10.0. The Labute approximate surface area is 183 Å². The molecule has 0 spiro atoms. The topological polar surface area (TPSA) is 132 Å². The predicted molar refractivity (Wildman–Crippen MR) is 113 cm³/mol. The number of benzene rings is 1. The molecule has 1 aliphatic heterocycles. The highest BCUT2D eigenvalue weighted by Crippen LogP contribution is 2.21. The summed E-state index contributed by atoms with van der Waals surface area (Å²) in [6, 6.07) is 7.97. The largest absolute Gasteiger partial charge is 0.406 e. The van der Waals surface area contributed by atoms with Gasteiger partial charge in [0.2, 0.25) is 17.7 Å². The molecule has 0 unspecified atom stereocenters. The second-order valence-electron chi connectivity index (χ2n) is 6.98. The van der Waals surface area contributed by atoms with Gasteiger partial charge in [0.25, 0.3) is 5.91 Å². The van der Waals surface area contributed by atoms with Gasteiger partial charge in [0, 0.05) is 36.5 Å². The van der Waals surface area contributed by atoms with Crippen LogP contribution in [0.4, 0.5) is 5.69 Å². The summed E-state index contributed by atoms with van der Waals surface area (Å²) in [6.45, 7) is 0.635. The Morgan fingerprint density at radius 3 is 2.52 bits per heavy atom. The van der Waals surface area contributed by atoms with Crippen molar-refractivity contribution < 1.29 is 23.9 Å². The molecule has 0 aliphatic carbocycles. The van der Waals surface area contributed by atoms with Gasteiger partial charge < -0.3 is 20.7 Å². The third kappa shape index (κ3) is 6.02. The van der Waals surface area contributed by atoms with Gasteiger partial charge in [-0.15, -0.1) is 0 Å². The van der Waals surface area contributed by atoms with Crippen molar-refractivity contribution in [2.45, 2.75) is 31.7 Å². The minimum absolute atomic E-state index is 0.0336. The van der Waals surface area contributed by atoms with E-state index in [0.717, 1.165) is 12.8 Å². The van der Waals surface area contributed by atoms with Crippen molar-refractivity contribution in [2.24, 2.45) is 5.73 Å². The summed E-state index contributed by atoms with van der Waals surface area (Å²) in [5, 5.41) is 2.81. The first-order valence-electron chi connectivity index (χ1n) is 9.66. The lowest BCUT2D eigenvalue weighted by Crippen LogP contribution is -2.45. The highest BCUT2D eigenvalue weighted by Gasteiger charge is 2.26. The quantitative estimate of drug-likeness (QED) is 0.626. The number of nitrogens with zero attached hydrogens (tertiary/aromatic N) is 2. The van der Waals surface area contributed by atoms with Crippen LogP contribution in [0.5, 0.6) is 5.88 Å². The fourth-order valence-electron chi connectivity index (χ4n) is 3.10. The number of hydrogen-bond acceptors (Lipinski definition) is 6. The number of primary amides is 1. The molecule has 9 nitrogen and oxygen atoms in total. The van der Waals surface area contributed by atoms with Crippen molar-refractivity contribution in [1.82, 2.24) is 10.3 Å². The van der Waals surface area contributed by atoms with E-state index in [1.807, 2.05) is 0 Å². The fraction of sp³-hybridized carbons (Fsp3) is 0.286. The molecule has 10 heteroatoms. The van der Waals surface area contributed by atoms with Crippen molar-refractivity contribution in [1.29, 1.82) is 0 Å². The van der Waals surface area contributed by atoms with Gasteiger partial charge >= 0.3 is 5.97 Å². The van der Waals surface area contributed by atoms with Gasteiger partial charge in [0.05, 0.1) is 11.4 Å². The van der Waals surface area contributed by atoms with E-state index in [9.17, 15) is 19.2 Å². The number of amides is 3. The standard InChI is InChI=1S/C21H21ClN4O5/c22-14-6-9-18(24-12-14)31-21(30)16(11-17(23)27)25-20(29)13-4-7-15(8-5-13)26-10-2-1-3-19(26)28/h4-9,12,16H,1-3,10-11H2,(H2,23,27)(H,25,29)/t16-/m0/s1. The monoisotopic (exact) mass is 444 g/mol. The maximum atomic E-state index is 12.6. The molecule has 1 aromatic heterocycles. The van der Waals surface area contributed by atoms with Crippen LogP contribution in [0.1, 0.15) is 36.0 Å². The van der Waals surface area contributed by atoms with Crippen LogP contribution in [0.2, 0.25) is 5.02 Å². The summed E-state index contributed by atoms with van der Waals surface area (Å²) in [5.74, 6) is -2.26. The molecule has 3 N–H and O–H groups in total. The number of piperidine rings is 1. The second-order valence-corrected chi connectivity index (χ2v) is 7.42. The number of halogens is 1. The van der Waals surface area contributed by atoms with Crippen LogP contribution < -0.4 is 20.7 Å². The number of nitrogens with two attached hydrogens (primary N) is 1. The lowest BCUT2D eigenvalue weighted by molar-refractivity contribution is -0.138. The molecule has 1 aliphatic rings. The number of hydrogen-bond donors (Lipinski definition) is 2. The van der Waals surface area contributed by atoms with Crippen LogP contribution in [0.25, 0.3) is 0 Å². The zero-order valence-corrected chi connectivity index (χ0v) is 17.3. The highest BCUT2D eigenvalue weighted by molar-refractivity contribution is 6.30. The van der Waals surface area contributed by atoms with Crippen molar-refractivity contribution in [3.05, 3.63) is 53.2 Å². The SMILES string of the molecule is NC(=O)C[C@H](NC(=O)c1ccc(N2CCCCC2=O)cc1)C(=O)Oc1ccc(Cl)cn1. The summed E-state index contributed by atoms with van der Waals surface area (Å²) < 4.78 is 5.10. The predicted octanol–water partition coefficient (Wildman–Crippen LogP) is 1.83. The summed E-state index contributed by atoms with van der Waals surface area (Å²) in [7, 11) is 0. The van der Waals surface area contributed by atoms with Gasteiger partial charge in [0.15, 0.2) is 0 Å². The smallest absolute Gasteiger partial charge is 0.335 e. The molecule has 0 bridgehead atoms. The van der Waals surface area contributed by atoms with Crippen molar-refractivity contribution in [3.8, 4) is 5.88 Å². The van der Waals surface area contributed by atoms with Crippen molar-refractivity contribution in [2.75, 3.05) is 11.4 Å². The minimum Gasteiger partial charge on any atom is -0.406 e. The lowest BCUT2D eigenvalue weighted by Gasteiger charge is -2.26. The van der Waals surface area contributed by atoms with Gasteiger partial charge in [0.1, 0.15) is 6.04 Å². The van der Waals surface area contributed by atoms with E-state index < -0.39 is 30.2 Å². The fourth-order valence-corrected chi connectivity index (χ4v) is 3.22. The van der Waals surface area contributed by atoms with E-state index in [2.05, 4.69) is 10.3 Å². The van der Waals surface area contributed by atoms with Crippen molar-refractivity contribution >= 4 is 41.0 Å². The number of aromatic nitrogens is 1. The number of anilines is 1. The van der Waals surface area contributed by atoms with E-state index in [4.69, 9.17) is 22.1 Å². The Bertz CT molecular complexity index is 978. The van der Waals surface area contributed by atoms with E-state index in [1.54, 1.807) is 29.2 Å². The van der Waals surface area contributed by atoms with Crippen LogP contribution in [0.3, 0.4) is 0 Å². The third-order valence-corrected chi connectivity index (χ3v) is 4.89. The Morgan fingerprint density at radius 1 is 1.16 bits per heavy atom. The highest BCUT2D eigenvalue weighted by atomic mass is 35.5. The Hall–Kier alpha value is -3.46. The minimum atomic E-state index is -1.30. The summed E-state index contributed by atoms with van der Waals surface area (Å²) >= 11 is 5.74. The molecule has 0 saturated carbocycles. The summed E-state index contributed by atoms with van der Waals surface area (Å²) in [6.07, 6.45) is 3.15. The maximum absolute atomic E-state index is 12.6. The van der Waals surface area contributed by atoms with E-state index in [1.165, 1.54) is 18.3 Å². The van der Waals surface area contributed by atoms with Crippen LogP contribution >= 0.6 is 11.6 Å².